The van der Waals surface area contributed by atoms with E-state index < -0.39 is 9.84 Å². The highest BCUT2D eigenvalue weighted by atomic mass is 32.2. The topological polar surface area (TPSA) is 84.5 Å². The summed E-state index contributed by atoms with van der Waals surface area (Å²) >= 11 is 0. The number of hydrogen-bond acceptors (Lipinski definition) is 4. The first-order valence-electron chi connectivity index (χ1n) is 7.89. The van der Waals surface area contributed by atoms with Gasteiger partial charge in [-0.05, 0) is 24.0 Å². The van der Waals surface area contributed by atoms with Crippen molar-refractivity contribution in [1.82, 2.24) is 10.6 Å². The van der Waals surface area contributed by atoms with Crippen molar-refractivity contribution >= 4 is 15.9 Å². The molecule has 1 atom stereocenters. The fourth-order valence-electron chi connectivity index (χ4n) is 2.52. The summed E-state index contributed by atoms with van der Waals surface area (Å²) in [6.07, 6.45) is 1.45. The summed E-state index contributed by atoms with van der Waals surface area (Å²) in [5, 5.41) is 5.50. The molecule has 0 unspecified atom stereocenters. The van der Waals surface area contributed by atoms with Gasteiger partial charge < -0.3 is 15.4 Å². The van der Waals surface area contributed by atoms with Crippen molar-refractivity contribution in [3.8, 4) is 0 Å². The van der Waals surface area contributed by atoms with E-state index in [1.54, 1.807) is 0 Å². The highest BCUT2D eigenvalue weighted by Gasteiger charge is 2.28. The Labute approximate surface area is 137 Å². The van der Waals surface area contributed by atoms with E-state index in [-0.39, 0.29) is 23.6 Å². The van der Waals surface area contributed by atoms with E-state index in [1.165, 1.54) is 0 Å². The molecule has 1 saturated heterocycles. The molecule has 0 spiro atoms. The fourth-order valence-corrected chi connectivity index (χ4v) is 4.19. The highest BCUT2D eigenvalue weighted by molar-refractivity contribution is 7.91. The maximum atomic E-state index is 11.9. The molecule has 0 saturated carbocycles. The monoisotopic (exact) mass is 340 g/mol. The van der Waals surface area contributed by atoms with Crippen molar-refractivity contribution in [2.45, 2.75) is 39.0 Å². The van der Waals surface area contributed by atoms with Crippen molar-refractivity contribution in [1.29, 1.82) is 0 Å². The lowest BCUT2D eigenvalue weighted by molar-refractivity contribution is 0.121. The SMILES string of the molecule is CCCOCc1ccccc1CNC(=O)N[C@@H]1CCS(=O)(=O)C1. The highest BCUT2D eigenvalue weighted by Crippen LogP contribution is 2.12. The maximum Gasteiger partial charge on any atom is 0.315 e. The van der Waals surface area contributed by atoms with Gasteiger partial charge in [-0.1, -0.05) is 31.2 Å². The van der Waals surface area contributed by atoms with Gasteiger partial charge >= 0.3 is 6.03 Å². The Morgan fingerprint density at radius 3 is 2.70 bits per heavy atom. The number of sulfone groups is 1. The molecule has 23 heavy (non-hydrogen) atoms. The number of amides is 2. The second-order valence-corrected chi connectivity index (χ2v) is 7.98. The van der Waals surface area contributed by atoms with Crippen LogP contribution in [-0.2, 0) is 27.7 Å². The standard InChI is InChI=1S/C16H24N2O4S/c1-2-8-22-11-14-6-4-3-5-13(14)10-17-16(19)18-15-7-9-23(20,21)12-15/h3-6,15H,2,7-12H2,1H3,(H2,17,18,19)/t15-/m1/s1. The van der Waals surface area contributed by atoms with E-state index in [2.05, 4.69) is 17.6 Å². The van der Waals surface area contributed by atoms with Crippen LogP contribution in [0.2, 0.25) is 0 Å². The Bertz CT molecular complexity index is 631. The van der Waals surface area contributed by atoms with Crippen LogP contribution in [0, 0.1) is 0 Å². The van der Waals surface area contributed by atoms with E-state index >= 15 is 0 Å². The summed E-state index contributed by atoms with van der Waals surface area (Å²) in [4.78, 5) is 11.9. The van der Waals surface area contributed by atoms with Gasteiger partial charge in [-0.15, -0.1) is 0 Å². The van der Waals surface area contributed by atoms with Crippen molar-refractivity contribution in [3.05, 3.63) is 35.4 Å². The first kappa shape index (κ1) is 17.7. The first-order valence-corrected chi connectivity index (χ1v) is 9.71. The van der Waals surface area contributed by atoms with Crippen LogP contribution in [0.1, 0.15) is 30.9 Å². The Morgan fingerprint density at radius 1 is 1.30 bits per heavy atom. The summed E-state index contributed by atoms with van der Waals surface area (Å²) in [6, 6.07) is 7.16. The summed E-state index contributed by atoms with van der Waals surface area (Å²) in [6.45, 7) is 3.67. The molecular formula is C16H24N2O4S. The lowest BCUT2D eigenvalue weighted by atomic mass is 10.1. The van der Waals surface area contributed by atoms with Gasteiger partial charge in [-0.25, -0.2) is 13.2 Å². The predicted octanol–water partition coefficient (Wildman–Crippen LogP) is 1.60. The normalized spacial score (nSPS) is 19.4. The third-order valence-corrected chi connectivity index (χ3v) is 5.50. The number of ether oxygens (including phenoxy) is 1. The Morgan fingerprint density at radius 2 is 2.04 bits per heavy atom. The average Bonchev–Trinajstić information content (AvgIpc) is 2.85. The van der Waals surface area contributed by atoms with Gasteiger partial charge in [0.1, 0.15) is 0 Å². The number of hydrogen-bond donors (Lipinski definition) is 2. The van der Waals surface area contributed by atoms with Gasteiger partial charge in [0, 0.05) is 19.2 Å². The average molecular weight is 340 g/mol. The van der Waals surface area contributed by atoms with Crippen LogP contribution in [0.4, 0.5) is 4.79 Å². The molecule has 0 aliphatic carbocycles. The minimum absolute atomic E-state index is 0.0296. The smallest absolute Gasteiger partial charge is 0.315 e. The zero-order chi connectivity index (χ0) is 16.7. The molecule has 2 amide bonds. The summed E-state index contributed by atoms with van der Waals surface area (Å²) in [5.41, 5.74) is 2.04. The molecule has 0 aromatic heterocycles. The van der Waals surface area contributed by atoms with Crippen molar-refractivity contribution in [3.63, 3.8) is 0 Å². The molecule has 7 heteroatoms. The minimum atomic E-state index is -2.99. The molecule has 1 fully saturated rings. The molecular weight excluding hydrogens is 316 g/mol. The van der Waals surface area contributed by atoms with Crippen molar-refractivity contribution < 1.29 is 17.9 Å². The van der Waals surface area contributed by atoms with Crippen LogP contribution in [0.15, 0.2) is 24.3 Å². The molecule has 1 aliphatic rings. The quantitative estimate of drug-likeness (QED) is 0.739. The lowest BCUT2D eigenvalue weighted by Crippen LogP contribution is -2.42. The summed E-state index contributed by atoms with van der Waals surface area (Å²) in [7, 11) is -2.99. The molecule has 1 aromatic rings. The van der Waals surface area contributed by atoms with Crippen LogP contribution < -0.4 is 10.6 Å². The fraction of sp³-hybridized carbons (Fsp3) is 0.562. The van der Waals surface area contributed by atoms with E-state index in [9.17, 15) is 13.2 Å². The van der Waals surface area contributed by atoms with Crippen LogP contribution >= 0.6 is 0 Å². The number of benzene rings is 1. The zero-order valence-electron chi connectivity index (χ0n) is 13.4. The second kappa shape index (κ2) is 8.31. The third-order valence-electron chi connectivity index (χ3n) is 3.73. The van der Waals surface area contributed by atoms with Gasteiger partial charge in [0.15, 0.2) is 9.84 Å². The van der Waals surface area contributed by atoms with Crippen molar-refractivity contribution in [2.24, 2.45) is 0 Å². The number of urea groups is 1. The zero-order valence-corrected chi connectivity index (χ0v) is 14.2. The van der Waals surface area contributed by atoms with Gasteiger partial charge in [0.25, 0.3) is 0 Å². The molecule has 1 aromatic carbocycles. The molecule has 0 bridgehead atoms. The molecule has 6 nitrogen and oxygen atoms in total. The number of carbonyl (C=O) groups excluding carboxylic acids is 1. The molecule has 0 radical (unpaired) electrons. The molecule has 128 valence electrons. The van der Waals surface area contributed by atoms with Gasteiger partial charge in [0.2, 0.25) is 0 Å². The number of nitrogens with one attached hydrogen (secondary N) is 2. The predicted molar refractivity (Wildman–Crippen MR) is 88.8 cm³/mol. The summed E-state index contributed by atoms with van der Waals surface area (Å²) in [5.74, 6) is 0.178. The molecule has 2 rings (SSSR count). The Kier molecular flexibility index (Phi) is 6.41. The van der Waals surface area contributed by atoms with Crippen LogP contribution in [0.5, 0.6) is 0 Å². The Hall–Kier alpha value is -1.60. The Balaban J connectivity index is 1.82. The van der Waals surface area contributed by atoms with Gasteiger partial charge in [0.05, 0.1) is 18.1 Å². The van der Waals surface area contributed by atoms with E-state index in [4.69, 9.17) is 4.74 Å². The summed E-state index contributed by atoms with van der Waals surface area (Å²) < 4.78 is 28.3. The molecule has 2 N–H and O–H groups in total. The van der Waals surface area contributed by atoms with Gasteiger partial charge in [-0.3, -0.25) is 0 Å². The van der Waals surface area contributed by atoms with Crippen LogP contribution in [-0.4, -0.2) is 38.6 Å². The number of carbonyl (C=O) groups is 1. The largest absolute Gasteiger partial charge is 0.377 e. The molecule has 1 heterocycles. The maximum absolute atomic E-state index is 11.9. The van der Waals surface area contributed by atoms with Crippen molar-refractivity contribution in [2.75, 3.05) is 18.1 Å². The lowest BCUT2D eigenvalue weighted by Gasteiger charge is -2.14. The third kappa shape index (κ3) is 5.84. The van der Waals surface area contributed by atoms with E-state index in [0.29, 0.717) is 26.2 Å². The second-order valence-electron chi connectivity index (χ2n) is 5.75. The number of rotatable bonds is 7. The first-order chi connectivity index (χ1) is 11.0. The van der Waals surface area contributed by atoms with E-state index in [1.807, 2.05) is 24.3 Å². The van der Waals surface area contributed by atoms with Gasteiger partial charge in [-0.2, -0.15) is 0 Å². The van der Waals surface area contributed by atoms with E-state index in [0.717, 1.165) is 17.5 Å². The van der Waals surface area contributed by atoms with Crippen LogP contribution in [0.3, 0.4) is 0 Å². The minimum Gasteiger partial charge on any atom is -0.377 e. The molecule has 1 aliphatic heterocycles. The van der Waals surface area contributed by atoms with Crippen LogP contribution in [0.25, 0.3) is 0 Å².